The van der Waals surface area contributed by atoms with Crippen LogP contribution in [0.4, 0.5) is 5.69 Å². The number of nitrogens with zero attached hydrogens (tertiary/aromatic N) is 1. The van der Waals surface area contributed by atoms with E-state index in [0.717, 1.165) is 24.9 Å². The average molecular weight is 269 g/mol. The van der Waals surface area contributed by atoms with Crippen molar-refractivity contribution in [3.8, 4) is 11.5 Å². The number of fused-ring (bicyclic) bond motifs is 1. The summed E-state index contributed by atoms with van der Waals surface area (Å²) >= 11 is 0. The third-order valence-electron chi connectivity index (χ3n) is 4.02. The lowest BCUT2D eigenvalue weighted by Gasteiger charge is -2.36. The Bertz CT molecular complexity index is 604. The lowest BCUT2D eigenvalue weighted by Crippen LogP contribution is -2.31. The monoisotopic (exact) mass is 269 g/mol. The van der Waals surface area contributed by atoms with Crippen molar-refractivity contribution in [1.29, 1.82) is 0 Å². The summed E-state index contributed by atoms with van der Waals surface area (Å²) in [5.74, 6) is 0.217. The van der Waals surface area contributed by atoms with Gasteiger partial charge in [0.25, 0.3) is 0 Å². The quantitative estimate of drug-likeness (QED) is 0.875. The van der Waals surface area contributed by atoms with Crippen LogP contribution in [-0.4, -0.2) is 16.8 Å². The van der Waals surface area contributed by atoms with E-state index in [-0.39, 0.29) is 17.5 Å². The molecule has 0 spiro atoms. The molecule has 3 rings (SSSR count). The summed E-state index contributed by atoms with van der Waals surface area (Å²) in [5.41, 5.74) is 3.56. The molecule has 0 radical (unpaired) electrons. The molecular weight excluding hydrogens is 250 g/mol. The maximum Gasteiger partial charge on any atom is 0.119 e. The first kappa shape index (κ1) is 12.9. The molecule has 104 valence electrons. The Labute approximate surface area is 119 Å². The number of benzene rings is 2. The number of hydrogen-bond donors (Lipinski definition) is 2. The summed E-state index contributed by atoms with van der Waals surface area (Å²) in [5, 5.41) is 19.3. The molecule has 0 fully saturated rings. The molecule has 1 atom stereocenters. The summed E-state index contributed by atoms with van der Waals surface area (Å²) in [6.45, 7) is 3.10. The molecule has 1 heterocycles. The minimum absolute atomic E-state index is 0.108. The first-order chi connectivity index (χ1) is 9.65. The lowest BCUT2D eigenvalue weighted by atomic mass is 9.97. The Morgan fingerprint density at radius 2 is 1.75 bits per heavy atom. The highest BCUT2D eigenvalue weighted by atomic mass is 16.3. The van der Waals surface area contributed by atoms with Gasteiger partial charge in [0, 0.05) is 18.3 Å². The number of hydrogen-bond acceptors (Lipinski definition) is 3. The number of phenols is 2. The second kappa shape index (κ2) is 5.08. The van der Waals surface area contributed by atoms with Gasteiger partial charge >= 0.3 is 0 Å². The van der Waals surface area contributed by atoms with Crippen LogP contribution >= 0.6 is 0 Å². The third kappa shape index (κ3) is 2.31. The van der Waals surface area contributed by atoms with Crippen LogP contribution in [-0.2, 0) is 6.42 Å². The highest BCUT2D eigenvalue weighted by Gasteiger charge is 2.22. The van der Waals surface area contributed by atoms with Gasteiger partial charge in [-0.2, -0.15) is 0 Å². The zero-order valence-electron chi connectivity index (χ0n) is 11.6. The molecule has 20 heavy (non-hydrogen) atoms. The molecule has 0 aromatic heterocycles. The van der Waals surface area contributed by atoms with Crippen LogP contribution in [0.3, 0.4) is 0 Å². The Hall–Kier alpha value is -2.16. The van der Waals surface area contributed by atoms with Crippen LogP contribution in [0.25, 0.3) is 0 Å². The molecule has 0 amide bonds. The molecule has 2 N–H and O–H groups in total. The number of para-hydroxylation sites is 1. The topological polar surface area (TPSA) is 43.7 Å². The van der Waals surface area contributed by atoms with Gasteiger partial charge in [-0.05, 0) is 49.1 Å². The normalized spacial score (nSPS) is 15.8. The van der Waals surface area contributed by atoms with E-state index in [1.54, 1.807) is 12.1 Å². The van der Waals surface area contributed by atoms with E-state index in [0.29, 0.717) is 0 Å². The van der Waals surface area contributed by atoms with E-state index >= 15 is 0 Å². The first-order valence-electron chi connectivity index (χ1n) is 7.02. The Morgan fingerprint density at radius 3 is 2.50 bits per heavy atom. The number of rotatable bonds is 2. The fraction of sp³-hybridized carbons (Fsp3) is 0.294. The van der Waals surface area contributed by atoms with Crippen molar-refractivity contribution in [2.75, 3.05) is 11.4 Å². The molecule has 0 saturated heterocycles. The Kier molecular flexibility index (Phi) is 3.26. The fourth-order valence-electron chi connectivity index (χ4n) is 3.00. The van der Waals surface area contributed by atoms with Crippen LogP contribution in [0.5, 0.6) is 11.5 Å². The van der Waals surface area contributed by atoms with Crippen LogP contribution in [0, 0.1) is 0 Å². The number of aromatic hydroxyl groups is 2. The summed E-state index contributed by atoms with van der Waals surface area (Å²) in [6, 6.07) is 13.4. The van der Waals surface area contributed by atoms with Crippen molar-refractivity contribution in [3.05, 3.63) is 53.6 Å². The zero-order chi connectivity index (χ0) is 14.1. The Balaban J connectivity index is 1.97. The molecule has 1 unspecified atom stereocenters. The fourth-order valence-corrected chi connectivity index (χ4v) is 3.00. The van der Waals surface area contributed by atoms with Gasteiger partial charge in [0.1, 0.15) is 11.5 Å². The van der Waals surface area contributed by atoms with Gasteiger partial charge in [-0.3, -0.25) is 0 Å². The van der Waals surface area contributed by atoms with E-state index in [2.05, 4.69) is 36.1 Å². The van der Waals surface area contributed by atoms with E-state index < -0.39 is 0 Å². The van der Waals surface area contributed by atoms with E-state index in [9.17, 15) is 10.2 Å². The van der Waals surface area contributed by atoms with Gasteiger partial charge in [0.2, 0.25) is 0 Å². The number of anilines is 1. The first-order valence-corrected chi connectivity index (χ1v) is 7.02. The van der Waals surface area contributed by atoms with E-state index in [4.69, 9.17) is 0 Å². The Morgan fingerprint density at radius 1 is 1.05 bits per heavy atom. The van der Waals surface area contributed by atoms with Crippen LogP contribution in [0.15, 0.2) is 42.5 Å². The third-order valence-corrected chi connectivity index (χ3v) is 4.02. The van der Waals surface area contributed by atoms with Crippen molar-refractivity contribution in [2.24, 2.45) is 0 Å². The second-order valence-electron chi connectivity index (χ2n) is 5.38. The predicted octanol–water partition coefficient (Wildman–Crippen LogP) is 3.61. The van der Waals surface area contributed by atoms with Gasteiger partial charge in [-0.25, -0.2) is 0 Å². The summed E-state index contributed by atoms with van der Waals surface area (Å²) in [7, 11) is 0. The second-order valence-corrected chi connectivity index (χ2v) is 5.38. The molecule has 2 aromatic carbocycles. The summed E-state index contributed by atoms with van der Waals surface area (Å²) in [6.07, 6.45) is 2.25. The number of aryl methyl sites for hydroxylation is 1. The zero-order valence-corrected chi connectivity index (χ0v) is 11.6. The lowest BCUT2D eigenvalue weighted by molar-refractivity contribution is 0.447. The van der Waals surface area contributed by atoms with Crippen LogP contribution < -0.4 is 4.90 Å². The van der Waals surface area contributed by atoms with Crippen molar-refractivity contribution >= 4 is 5.69 Å². The van der Waals surface area contributed by atoms with Crippen molar-refractivity contribution < 1.29 is 10.2 Å². The minimum Gasteiger partial charge on any atom is -0.508 e. The van der Waals surface area contributed by atoms with Crippen molar-refractivity contribution in [1.82, 2.24) is 0 Å². The average Bonchev–Trinajstić information content (AvgIpc) is 2.45. The molecule has 1 aliphatic rings. The van der Waals surface area contributed by atoms with Crippen LogP contribution in [0.1, 0.15) is 30.5 Å². The summed E-state index contributed by atoms with van der Waals surface area (Å²) in [4.78, 5) is 2.34. The highest BCUT2D eigenvalue weighted by Crippen LogP contribution is 2.35. The molecule has 2 aromatic rings. The van der Waals surface area contributed by atoms with Gasteiger partial charge in [-0.1, -0.05) is 18.2 Å². The molecule has 0 aliphatic carbocycles. The van der Waals surface area contributed by atoms with E-state index in [1.165, 1.54) is 17.3 Å². The van der Waals surface area contributed by atoms with E-state index in [1.807, 2.05) is 0 Å². The largest absolute Gasteiger partial charge is 0.508 e. The maximum atomic E-state index is 9.66. The van der Waals surface area contributed by atoms with Gasteiger partial charge in [-0.15, -0.1) is 0 Å². The summed E-state index contributed by atoms with van der Waals surface area (Å²) < 4.78 is 0. The van der Waals surface area contributed by atoms with Crippen LogP contribution in [0.2, 0.25) is 0 Å². The molecular formula is C17H19NO2. The minimum atomic E-state index is 0.108. The maximum absolute atomic E-state index is 9.66. The van der Waals surface area contributed by atoms with Crippen molar-refractivity contribution in [3.63, 3.8) is 0 Å². The van der Waals surface area contributed by atoms with Gasteiger partial charge in [0.15, 0.2) is 0 Å². The SMILES string of the molecule is CC(c1cc(O)cc(O)c1)N1CCCc2ccccc21. The predicted molar refractivity (Wildman–Crippen MR) is 80.3 cm³/mol. The molecule has 0 bridgehead atoms. The molecule has 3 heteroatoms. The van der Waals surface area contributed by atoms with Gasteiger partial charge < -0.3 is 15.1 Å². The standard InChI is InChI=1S/C17H19NO2/c1-12(14-9-15(19)11-16(20)10-14)18-8-4-6-13-5-2-3-7-17(13)18/h2-3,5,7,9-12,19-20H,4,6,8H2,1H3. The smallest absolute Gasteiger partial charge is 0.119 e. The van der Waals surface area contributed by atoms with Gasteiger partial charge in [0.05, 0.1) is 6.04 Å². The number of phenolic OH excluding ortho intramolecular Hbond substituents is 2. The molecule has 3 nitrogen and oxygen atoms in total. The van der Waals surface area contributed by atoms with Crippen molar-refractivity contribution in [2.45, 2.75) is 25.8 Å². The highest BCUT2D eigenvalue weighted by molar-refractivity contribution is 5.57. The molecule has 0 saturated carbocycles. The molecule has 1 aliphatic heterocycles.